The third-order valence-electron chi connectivity index (χ3n) is 10.3. The molecule has 4 aromatic rings. The van der Waals surface area contributed by atoms with Gasteiger partial charge in [0, 0.05) is 0 Å². The molecule has 4 aromatic carbocycles. The molecule has 0 aliphatic heterocycles. The number of halogens is 4. The van der Waals surface area contributed by atoms with Crippen molar-refractivity contribution < 1.29 is 21.3 Å². The summed E-state index contributed by atoms with van der Waals surface area (Å²) in [5.41, 5.74) is 18.3. The van der Waals surface area contributed by atoms with Crippen molar-refractivity contribution in [2.45, 2.75) is 103 Å². The second-order valence-electron chi connectivity index (χ2n) is 16.1. The average Bonchev–Trinajstić information content (AvgIpc) is 3.73. The van der Waals surface area contributed by atoms with Gasteiger partial charge in [-0.1, -0.05) is 0 Å². The number of fused-ring (bicyclic) bond motifs is 3. The van der Waals surface area contributed by atoms with Crippen molar-refractivity contribution in [1.82, 2.24) is 0 Å². The Hall–Kier alpha value is -1.73. The Morgan fingerprint density at radius 3 is 1.58 bits per heavy atom. The third-order valence-corrected chi connectivity index (χ3v) is 19.6. The van der Waals surface area contributed by atoms with Gasteiger partial charge in [0.05, 0.1) is 0 Å². The van der Waals surface area contributed by atoms with E-state index in [0.29, 0.717) is 23.5 Å². The van der Waals surface area contributed by atoms with Gasteiger partial charge < -0.3 is 0 Å². The van der Waals surface area contributed by atoms with Crippen LogP contribution in [0, 0.1) is 13.8 Å². The molecule has 0 spiro atoms. The molecule has 0 nitrogen and oxygen atoms in total. The Bertz CT molecular complexity index is 1980. The molecular formula is C45H48Cl4Zr. The molecule has 50 heavy (non-hydrogen) atoms. The van der Waals surface area contributed by atoms with Crippen LogP contribution in [-0.2, 0) is 62.0 Å². The Balaban J connectivity index is 1.83. The summed E-state index contributed by atoms with van der Waals surface area (Å²) in [7, 11) is 0. The van der Waals surface area contributed by atoms with Gasteiger partial charge in [0.25, 0.3) is 0 Å². The topological polar surface area (TPSA) is 0 Å². The summed E-state index contributed by atoms with van der Waals surface area (Å²) in [6.07, 6.45) is 8.96. The normalized spacial score (nSPS) is 13.8. The maximum atomic E-state index is 6.59. The van der Waals surface area contributed by atoms with Gasteiger partial charge in [0.1, 0.15) is 0 Å². The van der Waals surface area contributed by atoms with Crippen molar-refractivity contribution in [3.63, 3.8) is 0 Å². The Labute approximate surface area is 328 Å². The predicted molar refractivity (Wildman–Crippen MR) is 217 cm³/mol. The molecule has 0 amide bonds. The average molecular weight is 822 g/mol. The van der Waals surface area contributed by atoms with Crippen LogP contribution in [0.5, 0.6) is 0 Å². The van der Waals surface area contributed by atoms with Crippen LogP contribution >= 0.6 is 46.4 Å². The van der Waals surface area contributed by atoms with E-state index in [1.807, 2.05) is 0 Å². The zero-order chi connectivity index (χ0) is 36.1. The van der Waals surface area contributed by atoms with Crippen molar-refractivity contribution >= 4 is 52.9 Å². The van der Waals surface area contributed by atoms with Crippen LogP contribution in [0.3, 0.4) is 0 Å². The second kappa shape index (κ2) is 15.0. The number of benzene rings is 4. The quantitative estimate of drug-likeness (QED) is 0.137. The van der Waals surface area contributed by atoms with Crippen molar-refractivity contribution in [3.8, 4) is 11.1 Å². The molecule has 0 radical (unpaired) electrons. The van der Waals surface area contributed by atoms with E-state index in [1.165, 1.54) is 58.8 Å². The molecular weight excluding hydrogens is 774 g/mol. The molecule has 0 atom stereocenters. The Morgan fingerprint density at radius 2 is 1.14 bits per heavy atom. The fourth-order valence-corrected chi connectivity index (χ4v) is 17.1. The van der Waals surface area contributed by atoms with E-state index in [-0.39, 0.29) is 10.8 Å². The van der Waals surface area contributed by atoms with Gasteiger partial charge in [-0.05, 0) is 0 Å². The molecule has 0 bridgehead atoms. The predicted octanol–water partition coefficient (Wildman–Crippen LogP) is 12.8. The second-order valence-corrected chi connectivity index (χ2v) is 23.1. The number of hydrogen-bond acceptors (Lipinski definition) is 0. The SMILES string of the molecule is Cc1cc2c(cc1C(C)(C)C)-c1cc(C(C)(C)C)c(C)[c]([Zr]([C]3=CC=CC3)=[C](c3cc(CCl)cc(CCl)c3)c3cc(CCl)cc(CCl)c3)c1C2. The van der Waals surface area contributed by atoms with Crippen LogP contribution in [0.15, 0.2) is 76.1 Å². The summed E-state index contributed by atoms with van der Waals surface area (Å²) in [6.45, 7) is 18.8. The first-order valence-corrected chi connectivity index (χ1v) is 23.4. The molecule has 5 heteroatoms. The van der Waals surface area contributed by atoms with Gasteiger partial charge in [0.15, 0.2) is 0 Å². The first-order valence-electron chi connectivity index (χ1n) is 17.6. The van der Waals surface area contributed by atoms with Gasteiger partial charge in [-0.25, -0.2) is 0 Å². The van der Waals surface area contributed by atoms with E-state index >= 15 is 0 Å². The van der Waals surface area contributed by atoms with Gasteiger partial charge in [0.2, 0.25) is 0 Å². The molecule has 6 rings (SSSR count). The Morgan fingerprint density at radius 1 is 0.640 bits per heavy atom. The van der Waals surface area contributed by atoms with Crippen LogP contribution in [-0.4, -0.2) is 3.21 Å². The zero-order valence-electron chi connectivity index (χ0n) is 30.7. The zero-order valence-corrected chi connectivity index (χ0v) is 36.2. The summed E-state index contributed by atoms with van der Waals surface area (Å²) in [4.78, 5) is 0. The van der Waals surface area contributed by atoms with E-state index < -0.39 is 21.3 Å². The molecule has 0 aromatic heterocycles. The van der Waals surface area contributed by atoms with E-state index in [1.54, 1.807) is 6.55 Å². The maximum absolute atomic E-state index is 6.59. The van der Waals surface area contributed by atoms with Gasteiger partial charge in [-0.15, -0.1) is 0 Å². The van der Waals surface area contributed by atoms with Crippen LogP contribution in [0.1, 0.15) is 115 Å². The fourth-order valence-electron chi connectivity index (χ4n) is 8.20. The van der Waals surface area contributed by atoms with Gasteiger partial charge >= 0.3 is 331 Å². The van der Waals surface area contributed by atoms with Crippen molar-refractivity contribution in [1.29, 1.82) is 0 Å². The summed E-state index contributed by atoms with van der Waals surface area (Å²) in [5, 5.41) is 0. The van der Waals surface area contributed by atoms with Crippen LogP contribution < -0.4 is 3.27 Å². The fraction of sp³-hybridized carbons (Fsp3) is 0.356. The molecule has 0 saturated heterocycles. The minimum absolute atomic E-state index is 0.0282. The van der Waals surface area contributed by atoms with Crippen LogP contribution in [0.25, 0.3) is 11.1 Å². The standard InChI is InChI=1S/C23H29.C17H14Cl4.C5H5.Zr/c1-14-9-16-11-17-10-15(2)21(23(6,7)8)13-19(17)18(16)12-20(14)22(3,4)5;18-8-14-2-12(3-15(6-14)9-19)1-13-4-16(10-20)7-17(5-13)11-21;1-2-4-5-3-1;/h9,12-13H,11H2,1-8H3;2-7H,8-11H2;1-3H,4H2;. The number of allylic oxidation sites excluding steroid dienone is 4. The van der Waals surface area contributed by atoms with Crippen molar-refractivity contribution in [3.05, 3.63) is 143 Å². The summed E-state index contributed by atoms with van der Waals surface area (Å²) in [6, 6.07) is 21.1. The molecule has 0 unspecified atom stereocenters. The number of rotatable bonds is 8. The monoisotopic (exact) mass is 818 g/mol. The first kappa shape index (κ1) is 38.0. The van der Waals surface area contributed by atoms with E-state index in [2.05, 4.69) is 128 Å². The number of hydrogen-bond donors (Lipinski definition) is 0. The summed E-state index contributed by atoms with van der Waals surface area (Å²) < 4.78 is 4.63. The molecule has 0 fully saturated rings. The first-order chi connectivity index (χ1) is 23.7. The molecule has 0 saturated carbocycles. The number of alkyl halides is 4. The van der Waals surface area contributed by atoms with Crippen molar-refractivity contribution in [2.24, 2.45) is 0 Å². The summed E-state index contributed by atoms with van der Waals surface area (Å²) in [5.74, 6) is 1.73. The Kier molecular flexibility index (Phi) is 11.4. The molecule has 0 N–H and O–H groups in total. The van der Waals surface area contributed by atoms with Crippen LogP contribution in [0.4, 0.5) is 0 Å². The molecule has 0 heterocycles. The van der Waals surface area contributed by atoms with E-state index in [0.717, 1.165) is 35.1 Å². The third kappa shape index (κ3) is 7.39. The molecule has 2 aliphatic rings. The molecule has 2 aliphatic carbocycles. The van der Waals surface area contributed by atoms with Crippen molar-refractivity contribution in [2.75, 3.05) is 0 Å². The van der Waals surface area contributed by atoms with Crippen LogP contribution in [0.2, 0.25) is 0 Å². The van der Waals surface area contributed by atoms with E-state index in [4.69, 9.17) is 46.4 Å². The minimum atomic E-state index is -3.06. The molecule has 260 valence electrons. The van der Waals surface area contributed by atoms with Gasteiger partial charge in [-0.2, -0.15) is 0 Å². The van der Waals surface area contributed by atoms with E-state index in [9.17, 15) is 0 Å². The summed E-state index contributed by atoms with van der Waals surface area (Å²) >= 11 is 23.3. The van der Waals surface area contributed by atoms with Gasteiger partial charge in [-0.3, -0.25) is 0 Å². The number of aryl methyl sites for hydroxylation is 1.